The molecular formula is C24H21Cl2F3N2O6. The smallest absolute Gasteiger partial charge is 0.475 e. The quantitative estimate of drug-likeness (QED) is 0.429. The van der Waals surface area contributed by atoms with E-state index in [1.807, 2.05) is 30.3 Å². The lowest BCUT2D eigenvalue weighted by Crippen LogP contribution is -2.53. The Hall–Kier alpha value is -3.15. The molecule has 0 bridgehead atoms. The van der Waals surface area contributed by atoms with Gasteiger partial charge in [-0.25, -0.2) is 4.79 Å². The number of likely N-dealkylation sites (tertiary alicyclic amines) is 1. The van der Waals surface area contributed by atoms with E-state index in [2.05, 4.69) is 5.32 Å². The molecule has 4 rings (SSSR count). The molecule has 198 valence electrons. The van der Waals surface area contributed by atoms with E-state index in [4.69, 9.17) is 37.8 Å². The topological polar surface area (TPSA) is 113 Å². The number of hydrogen-bond acceptors (Lipinski definition) is 6. The Morgan fingerprint density at radius 1 is 1.03 bits per heavy atom. The second-order valence-electron chi connectivity index (χ2n) is 8.61. The third-order valence-electron chi connectivity index (χ3n) is 6.38. The van der Waals surface area contributed by atoms with Crippen molar-refractivity contribution in [3.8, 4) is 11.1 Å². The first-order valence-corrected chi connectivity index (χ1v) is 11.4. The molecule has 4 atom stereocenters. The molecule has 0 spiro atoms. The Kier molecular flexibility index (Phi) is 7.92. The number of nitrogens with zero attached hydrogens (tertiary/aromatic N) is 1. The number of fused-ring (bicyclic) bond motifs is 1. The Labute approximate surface area is 219 Å². The number of alkyl halides is 3. The second kappa shape index (κ2) is 10.3. The van der Waals surface area contributed by atoms with Crippen molar-refractivity contribution in [2.45, 2.75) is 24.7 Å². The van der Waals surface area contributed by atoms with E-state index in [9.17, 15) is 27.6 Å². The molecule has 2 heterocycles. The fraction of sp³-hybridized carbons (Fsp3) is 0.333. The number of carbonyl (C=O) groups is 4. The van der Waals surface area contributed by atoms with E-state index >= 15 is 0 Å². The van der Waals surface area contributed by atoms with E-state index < -0.39 is 41.5 Å². The van der Waals surface area contributed by atoms with Gasteiger partial charge in [0.25, 0.3) is 0 Å². The maximum absolute atomic E-state index is 12.8. The minimum atomic E-state index is -5.08. The predicted molar refractivity (Wildman–Crippen MR) is 127 cm³/mol. The van der Waals surface area contributed by atoms with Gasteiger partial charge >= 0.3 is 18.1 Å². The number of methoxy groups -OCH3 is 1. The van der Waals surface area contributed by atoms with Crippen LogP contribution in [-0.4, -0.2) is 59.6 Å². The SMILES string of the molecule is COC(=O)[C@]1(C)NC(c2ccc(-c3ccc(Cl)c(Cl)c3)cc2)C2C(=O)N(C)C(=O)C21.O=C(O)C(F)(F)F. The Morgan fingerprint density at radius 3 is 2.05 bits per heavy atom. The lowest BCUT2D eigenvalue weighted by atomic mass is 9.80. The summed E-state index contributed by atoms with van der Waals surface area (Å²) in [7, 11) is 2.72. The van der Waals surface area contributed by atoms with Gasteiger partial charge in [-0.05, 0) is 35.7 Å². The summed E-state index contributed by atoms with van der Waals surface area (Å²) in [5.41, 5.74) is 1.34. The standard InChI is InChI=1S/C22H20Cl2N2O4.C2HF3O2/c1-22(21(29)30-3)17-16(19(27)26(2)20(17)28)18(25-22)12-6-4-11(5-7-12)13-8-9-14(23)15(24)10-13;3-2(4,5)1(6)7/h4-10,16-18,25H,1-3H3;(H,6,7)/t16?,17?,18?,22-;/m1./s1. The second-order valence-corrected chi connectivity index (χ2v) is 9.42. The van der Waals surface area contributed by atoms with Gasteiger partial charge in [0.1, 0.15) is 5.54 Å². The van der Waals surface area contributed by atoms with Gasteiger partial charge < -0.3 is 9.84 Å². The first kappa shape index (κ1) is 28.4. The highest BCUT2D eigenvalue weighted by Gasteiger charge is 2.66. The van der Waals surface area contributed by atoms with Gasteiger partial charge in [-0.2, -0.15) is 13.2 Å². The molecule has 0 aromatic heterocycles. The summed E-state index contributed by atoms with van der Waals surface area (Å²) in [6.45, 7) is 1.62. The summed E-state index contributed by atoms with van der Waals surface area (Å²) < 4.78 is 36.7. The Balaban J connectivity index is 0.000000479. The fourth-order valence-electron chi connectivity index (χ4n) is 4.53. The number of rotatable bonds is 3. The average Bonchev–Trinajstić information content (AvgIpc) is 3.29. The van der Waals surface area contributed by atoms with Crippen LogP contribution in [0.1, 0.15) is 18.5 Å². The monoisotopic (exact) mass is 560 g/mol. The number of amides is 2. The number of ether oxygens (including phenoxy) is 1. The van der Waals surface area contributed by atoms with Crippen LogP contribution in [-0.2, 0) is 23.9 Å². The van der Waals surface area contributed by atoms with E-state index in [-0.39, 0.29) is 11.8 Å². The first-order chi connectivity index (χ1) is 17.1. The highest BCUT2D eigenvalue weighted by molar-refractivity contribution is 6.42. The third-order valence-corrected chi connectivity index (χ3v) is 7.12. The molecule has 0 saturated carbocycles. The lowest BCUT2D eigenvalue weighted by molar-refractivity contribution is -0.192. The van der Waals surface area contributed by atoms with Crippen LogP contribution >= 0.6 is 23.2 Å². The van der Waals surface area contributed by atoms with Crippen molar-refractivity contribution in [3.63, 3.8) is 0 Å². The fourth-order valence-corrected chi connectivity index (χ4v) is 4.83. The van der Waals surface area contributed by atoms with E-state index in [1.54, 1.807) is 19.1 Å². The van der Waals surface area contributed by atoms with Crippen molar-refractivity contribution in [1.29, 1.82) is 0 Å². The summed E-state index contributed by atoms with van der Waals surface area (Å²) in [5.74, 6) is -5.50. The number of imide groups is 1. The number of carboxylic acid groups (broad SMARTS) is 1. The summed E-state index contributed by atoms with van der Waals surface area (Å²) in [5, 5.41) is 11.3. The van der Waals surface area contributed by atoms with E-state index in [0.29, 0.717) is 10.0 Å². The normalized spacial score (nSPS) is 24.9. The van der Waals surface area contributed by atoms with Crippen LogP contribution in [0.3, 0.4) is 0 Å². The number of hydrogen-bond donors (Lipinski definition) is 2. The number of benzene rings is 2. The summed E-state index contributed by atoms with van der Waals surface area (Å²) in [6, 6.07) is 12.5. The molecule has 0 aliphatic carbocycles. The summed E-state index contributed by atoms with van der Waals surface area (Å²) >= 11 is 12.1. The molecule has 2 aliphatic rings. The van der Waals surface area contributed by atoms with Crippen molar-refractivity contribution in [3.05, 3.63) is 58.1 Å². The predicted octanol–water partition coefficient (Wildman–Crippen LogP) is 4.10. The minimum Gasteiger partial charge on any atom is -0.475 e. The average molecular weight is 561 g/mol. The Morgan fingerprint density at radius 2 is 1.57 bits per heavy atom. The molecule has 2 amide bonds. The van der Waals surface area contributed by atoms with Crippen LogP contribution in [0.4, 0.5) is 13.2 Å². The van der Waals surface area contributed by atoms with Crippen LogP contribution in [0.5, 0.6) is 0 Å². The Bertz CT molecular complexity index is 1250. The maximum atomic E-state index is 12.8. The van der Waals surface area contributed by atoms with E-state index in [0.717, 1.165) is 21.6 Å². The number of esters is 1. The molecule has 2 aliphatic heterocycles. The van der Waals surface area contributed by atoms with Gasteiger partial charge in [0.05, 0.1) is 29.0 Å². The van der Waals surface area contributed by atoms with Crippen molar-refractivity contribution in [1.82, 2.24) is 10.2 Å². The number of aliphatic carboxylic acids is 1. The molecular weight excluding hydrogens is 540 g/mol. The molecule has 2 aromatic carbocycles. The van der Waals surface area contributed by atoms with Gasteiger partial charge in [0, 0.05) is 13.1 Å². The first-order valence-electron chi connectivity index (χ1n) is 10.7. The van der Waals surface area contributed by atoms with Gasteiger partial charge in [0.2, 0.25) is 11.8 Å². The highest BCUT2D eigenvalue weighted by Crippen LogP contribution is 2.48. The largest absolute Gasteiger partial charge is 0.490 e. The van der Waals surface area contributed by atoms with E-state index in [1.165, 1.54) is 14.2 Å². The zero-order valence-corrected chi connectivity index (χ0v) is 21.1. The third kappa shape index (κ3) is 5.29. The van der Waals surface area contributed by atoms with Gasteiger partial charge in [-0.3, -0.25) is 24.6 Å². The molecule has 2 aromatic rings. The zero-order valence-electron chi connectivity index (χ0n) is 19.6. The number of halogens is 5. The number of nitrogens with one attached hydrogen (secondary N) is 1. The van der Waals surface area contributed by atoms with Crippen LogP contribution in [0.2, 0.25) is 10.0 Å². The molecule has 8 nitrogen and oxygen atoms in total. The van der Waals surface area contributed by atoms with Crippen LogP contribution < -0.4 is 5.32 Å². The van der Waals surface area contributed by atoms with Gasteiger partial charge in [-0.15, -0.1) is 0 Å². The molecule has 3 unspecified atom stereocenters. The molecule has 2 saturated heterocycles. The highest BCUT2D eigenvalue weighted by atomic mass is 35.5. The number of carboxylic acids is 1. The lowest BCUT2D eigenvalue weighted by Gasteiger charge is -2.27. The molecule has 2 N–H and O–H groups in total. The van der Waals surface area contributed by atoms with Crippen LogP contribution in [0.25, 0.3) is 11.1 Å². The van der Waals surface area contributed by atoms with Crippen LogP contribution in [0, 0.1) is 11.8 Å². The maximum Gasteiger partial charge on any atom is 0.490 e. The van der Waals surface area contributed by atoms with Crippen molar-refractivity contribution < 1.29 is 42.2 Å². The number of carbonyl (C=O) groups excluding carboxylic acids is 3. The minimum absolute atomic E-state index is 0.302. The van der Waals surface area contributed by atoms with Crippen molar-refractivity contribution in [2.24, 2.45) is 11.8 Å². The zero-order chi connectivity index (χ0) is 27.9. The summed E-state index contributed by atoms with van der Waals surface area (Å²) in [6.07, 6.45) is -5.08. The van der Waals surface area contributed by atoms with Gasteiger partial charge in [0.15, 0.2) is 0 Å². The molecule has 2 fully saturated rings. The molecule has 13 heteroatoms. The van der Waals surface area contributed by atoms with Crippen molar-refractivity contribution >= 4 is 47.0 Å². The van der Waals surface area contributed by atoms with Crippen LogP contribution in [0.15, 0.2) is 42.5 Å². The van der Waals surface area contributed by atoms with Gasteiger partial charge in [-0.1, -0.05) is 53.5 Å². The molecule has 0 radical (unpaired) electrons. The molecule has 37 heavy (non-hydrogen) atoms. The summed E-state index contributed by atoms with van der Waals surface area (Å²) in [4.78, 5) is 48.1. The van der Waals surface area contributed by atoms with Crippen molar-refractivity contribution in [2.75, 3.05) is 14.2 Å².